The van der Waals surface area contributed by atoms with Gasteiger partial charge < -0.3 is 15.0 Å². The van der Waals surface area contributed by atoms with Gasteiger partial charge in [-0.3, -0.25) is 9.59 Å². The number of likely N-dealkylation sites (tertiary alicyclic amines) is 1. The number of fused-ring (bicyclic) bond motifs is 1. The van der Waals surface area contributed by atoms with Gasteiger partial charge in [-0.2, -0.15) is 0 Å². The van der Waals surface area contributed by atoms with Crippen molar-refractivity contribution in [3.8, 4) is 5.75 Å². The first kappa shape index (κ1) is 17.5. The minimum Gasteiger partial charge on any atom is -0.497 e. The van der Waals surface area contributed by atoms with E-state index in [1.54, 1.807) is 7.11 Å². The zero-order chi connectivity index (χ0) is 18.8. The molecule has 140 valence electrons. The molecule has 1 aromatic carbocycles. The van der Waals surface area contributed by atoms with E-state index in [-0.39, 0.29) is 23.8 Å². The van der Waals surface area contributed by atoms with Crippen LogP contribution in [-0.2, 0) is 11.2 Å². The van der Waals surface area contributed by atoms with Gasteiger partial charge in [0.05, 0.1) is 18.6 Å². The van der Waals surface area contributed by atoms with Gasteiger partial charge in [0.15, 0.2) is 0 Å². The Bertz CT molecular complexity index is 856. The molecule has 1 aromatic heterocycles. The van der Waals surface area contributed by atoms with Crippen molar-refractivity contribution in [2.75, 3.05) is 19.0 Å². The third kappa shape index (κ3) is 3.37. The van der Waals surface area contributed by atoms with E-state index < -0.39 is 0 Å². The normalized spacial score (nSPS) is 22.0. The summed E-state index contributed by atoms with van der Waals surface area (Å²) in [5.41, 5.74) is 2.32. The topological polar surface area (TPSA) is 84.4 Å². The molecule has 27 heavy (non-hydrogen) atoms. The summed E-state index contributed by atoms with van der Waals surface area (Å²) in [5.74, 6) is 0.353. The second-order valence-corrected chi connectivity index (χ2v) is 7.01. The fourth-order valence-corrected chi connectivity index (χ4v) is 4.06. The number of piperidine rings is 1. The van der Waals surface area contributed by atoms with E-state index >= 15 is 0 Å². The number of anilines is 1. The van der Waals surface area contributed by atoms with Crippen molar-refractivity contribution < 1.29 is 14.3 Å². The maximum atomic E-state index is 13.0. The van der Waals surface area contributed by atoms with Crippen molar-refractivity contribution in [2.45, 2.75) is 31.7 Å². The minimum atomic E-state index is -0.279. The van der Waals surface area contributed by atoms with Crippen LogP contribution in [0, 0.1) is 5.92 Å². The van der Waals surface area contributed by atoms with E-state index in [2.05, 4.69) is 15.3 Å². The molecule has 7 heteroatoms. The monoisotopic (exact) mass is 366 g/mol. The Morgan fingerprint density at radius 2 is 2.07 bits per heavy atom. The summed E-state index contributed by atoms with van der Waals surface area (Å²) in [4.78, 5) is 35.5. The number of amides is 2. The van der Waals surface area contributed by atoms with Crippen LogP contribution in [0.4, 0.5) is 5.69 Å². The Morgan fingerprint density at radius 1 is 1.26 bits per heavy atom. The van der Waals surface area contributed by atoms with E-state index in [0.717, 1.165) is 36.3 Å². The molecule has 0 aliphatic carbocycles. The lowest BCUT2D eigenvalue weighted by molar-refractivity contribution is -0.122. The molecule has 2 aliphatic rings. The van der Waals surface area contributed by atoms with Gasteiger partial charge in [0.25, 0.3) is 5.91 Å². The number of nitrogens with zero attached hydrogens (tertiary/aromatic N) is 3. The van der Waals surface area contributed by atoms with Gasteiger partial charge in [-0.05, 0) is 49.4 Å². The molecule has 7 nitrogen and oxygen atoms in total. The number of ether oxygens (including phenoxy) is 1. The average molecular weight is 366 g/mol. The SMILES string of the molecule is COc1ccc2c(c1)CC(C1CCCCN1C(=O)c1cncnc1)C(=O)N2. The highest BCUT2D eigenvalue weighted by molar-refractivity contribution is 5.98. The first-order valence-corrected chi connectivity index (χ1v) is 9.21. The average Bonchev–Trinajstić information content (AvgIpc) is 2.73. The van der Waals surface area contributed by atoms with Crippen LogP contribution >= 0.6 is 0 Å². The fraction of sp³-hybridized carbons (Fsp3) is 0.400. The van der Waals surface area contributed by atoms with Crippen LogP contribution in [0.2, 0.25) is 0 Å². The van der Waals surface area contributed by atoms with Crippen molar-refractivity contribution in [1.82, 2.24) is 14.9 Å². The molecule has 2 aliphatic heterocycles. The number of aromatic nitrogens is 2. The number of nitrogens with one attached hydrogen (secondary N) is 1. The molecule has 3 heterocycles. The summed E-state index contributed by atoms with van der Waals surface area (Å²) in [6.45, 7) is 0.646. The van der Waals surface area contributed by atoms with Crippen LogP contribution in [0.1, 0.15) is 35.2 Å². The Hall–Kier alpha value is -2.96. The number of rotatable bonds is 3. The predicted molar refractivity (Wildman–Crippen MR) is 99.5 cm³/mol. The number of methoxy groups -OCH3 is 1. The Labute approximate surface area is 157 Å². The highest BCUT2D eigenvalue weighted by atomic mass is 16.5. The standard InChI is InChI=1S/C20H22N4O3/c1-27-15-5-6-17-13(8-15)9-16(19(25)23-17)18-4-2-3-7-24(18)20(26)14-10-21-12-22-11-14/h5-6,8,10-12,16,18H,2-4,7,9H2,1H3,(H,23,25). The van der Waals surface area contributed by atoms with Gasteiger partial charge >= 0.3 is 0 Å². The van der Waals surface area contributed by atoms with Gasteiger partial charge in [-0.25, -0.2) is 9.97 Å². The number of hydrogen-bond donors (Lipinski definition) is 1. The maximum Gasteiger partial charge on any atom is 0.257 e. The highest BCUT2D eigenvalue weighted by Crippen LogP contribution is 2.34. The van der Waals surface area contributed by atoms with Crippen molar-refractivity contribution in [1.29, 1.82) is 0 Å². The van der Waals surface area contributed by atoms with Crippen molar-refractivity contribution in [3.63, 3.8) is 0 Å². The zero-order valence-corrected chi connectivity index (χ0v) is 15.2. The number of carbonyl (C=O) groups is 2. The Kier molecular flexibility index (Phi) is 4.75. The van der Waals surface area contributed by atoms with Gasteiger partial charge in [0.2, 0.25) is 5.91 Å². The summed E-state index contributed by atoms with van der Waals surface area (Å²) in [6.07, 6.45) is 7.83. The van der Waals surface area contributed by atoms with Crippen LogP contribution in [0.5, 0.6) is 5.75 Å². The lowest BCUT2D eigenvalue weighted by Crippen LogP contribution is -2.52. The summed E-state index contributed by atoms with van der Waals surface area (Å²) in [5, 5.41) is 3.00. The molecule has 0 bridgehead atoms. The van der Waals surface area contributed by atoms with Gasteiger partial charge in [-0.15, -0.1) is 0 Å². The Balaban J connectivity index is 1.61. The van der Waals surface area contributed by atoms with E-state index in [1.807, 2.05) is 23.1 Å². The molecule has 2 unspecified atom stereocenters. The van der Waals surface area contributed by atoms with Crippen LogP contribution in [0.3, 0.4) is 0 Å². The molecule has 0 spiro atoms. The van der Waals surface area contributed by atoms with E-state index in [4.69, 9.17) is 4.74 Å². The van der Waals surface area contributed by atoms with Gasteiger partial charge in [0.1, 0.15) is 12.1 Å². The summed E-state index contributed by atoms with van der Waals surface area (Å²) >= 11 is 0. The maximum absolute atomic E-state index is 13.0. The van der Waals surface area contributed by atoms with E-state index in [0.29, 0.717) is 18.5 Å². The zero-order valence-electron chi connectivity index (χ0n) is 15.2. The molecular formula is C20H22N4O3. The molecule has 2 atom stereocenters. The third-order valence-corrected chi connectivity index (χ3v) is 5.43. The first-order chi connectivity index (χ1) is 13.2. The molecule has 2 aromatic rings. The van der Waals surface area contributed by atoms with Gasteiger partial charge in [0, 0.05) is 30.7 Å². The van der Waals surface area contributed by atoms with Crippen molar-refractivity contribution in [3.05, 3.63) is 48.0 Å². The second-order valence-electron chi connectivity index (χ2n) is 7.01. The fourth-order valence-electron chi connectivity index (χ4n) is 4.06. The third-order valence-electron chi connectivity index (χ3n) is 5.43. The molecule has 0 saturated carbocycles. The van der Waals surface area contributed by atoms with Crippen LogP contribution in [-0.4, -0.2) is 46.4 Å². The molecule has 4 rings (SSSR count). The van der Waals surface area contributed by atoms with Gasteiger partial charge in [-0.1, -0.05) is 0 Å². The lowest BCUT2D eigenvalue weighted by Gasteiger charge is -2.41. The van der Waals surface area contributed by atoms with Crippen LogP contribution < -0.4 is 10.1 Å². The van der Waals surface area contributed by atoms with Crippen molar-refractivity contribution >= 4 is 17.5 Å². The number of carbonyl (C=O) groups excluding carboxylic acids is 2. The smallest absolute Gasteiger partial charge is 0.257 e. The van der Waals surface area contributed by atoms with Crippen molar-refractivity contribution in [2.24, 2.45) is 5.92 Å². The molecule has 1 fully saturated rings. The summed E-state index contributed by atoms with van der Waals surface area (Å²) < 4.78 is 5.31. The molecule has 1 saturated heterocycles. The second kappa shape index (κ2) is 7.34. The van der Waals surface area contributed by atoms with Crippen LogP contribution in [0.25, 0.3) is 0 Å². The minimum absolute atomic E-state index is 0.0262. The lowest BCUT2D eigenvalue weighted by atomic mass is 9.82. The highest BCUT2D eigenvalue weighted by Gasteiger charge is 2.39. The summed E-state index contributed by atoms with van der Waals surface area (Å²) in [6, 6.07) is 5.53. The molecular weight excluding hydrogens is 344 g/mol. The Morgan fingerprint density at radius 3 is 2.85 bits per heavy atom. The molecule has 2 amide bonds. The quantitative estimate of drug-likeness (QED) is 0.901. The molecule has 1 N–H and O–H groups in total. The van der Waals surface area contributed by atoms with E-state index in [9.17, 15) is 9.59 Å². The largest absolute Gasteiger partial charge is 0.497 e. The number of hydrogen-bond acceptors (Lipinski definition) is 5. The van der Waals surface area contributed by atoms with Crippen LogP contribution in [0.15, 0.2) is 36.9 Å². The molecule has 0 radical (unpaired) electrons. The number of benzene rings is 1. The summed E-state index contributed by atoms with van der Waals surface area (Å²) in [7, 11) is 1.63. The predicted octanol–water partition coefficient (Wildman–Crippen LogP) is 2.29. The van der Waals surface area contributed by atoms with E-state index in [1.165, 1.54) is 18.7 Å². The first-order valence-electron chi connectivity index (χ1n) is 9.21.